The molecular weight excluding hydrogens is 700 g/mol. The highest BCUT2D eigenvalue weighted by Crippen LogP contribution is 2.58. The predicted octanol–water partition coefficient (Wildman–Crippen LogP) is 5.63. The van der Waals surface area contributed by atoms with Gasteiger partial charge in [-0.15, -0.1) is 0 Å². The Kier molecular flexibility index (Phi) is 9.12. The lowest BCUT2D eigenvalue weighted by Crippen LogP contribution is -2.69. The van der Waals surface area contributed by atoms with Crippen LogP contribution in [0.25, 0.3) is 0 Å². The summed E-state index contributed by atoms with van der Waals surface area (Å²) in [6.45, 7) is -2.98. The fourth-order valence-corrected chi connectivity index (χ4v) is 7.14. The van der Waals surface area contributed by atoms with Crippen LogP contribution in [-0.4, -0.2) is 68.0 Å². The van der Waals surface area contributed by atoms with E-state index in [4.69, 9.17) is 11.6 Å². The van der Waals surface area contributed by atoms with E-state index in [-0.39, 0.29) is 6.20 Å². The van der Waals surface area contributed by atoms with Crippen LogP contribution in [0.15, 0.2) is 24.4 Å². The van der Waals surface area contributed by atoms with Gasteiger partial charge >= 0.3 is 46.6 Å². The Morgan fingerprint density at radius 1 is 0.585 bits per heavy atom. The molecule has 0 aliphatic carbocycles. The van der Waals surface area contributed by atoms with Gasteiger partial charge in [-0.1, -0.05) is 0 Å². The summed E-state index contributed by atoms with van der Waals surface area (Å²) in [7, 11) is -17.5. The Labute approximate surface area is 219 Å². The maximum absolute atomic E-state index is 14.3. The van der Waals surface area contributed by atoms with Crippen LogP contribution in [0.4, 0.5) is 79.0 Å². The Morgan fingerprint density at radius 2 is 0.902 bits per heavy atom. The maximum atomic E-state index is 14.3. The van der Waals surface area contributed by atoms with Crippen molar-refractivity contribution in [3.8, 4) is 0 Å². The minimum atomic E-state index is -8.77. The van der Waals surface area contributed by atoms with Gasteiger partial charge in [-0.25, -0.2) is 16.8 Å². The van der Waals surface area contributed by atoms with Gasteiger partial charge in [0.25, 0.3) is 5.15 Å². The zero-order valence-corrected chi connectivity index (χ0v) is 20.6. The van der Waals surface area contributed by atoms with Crippen molar-refractivity contribution in [1.29, 1.82) is 0 Å². The molecule has 41 heavy (non-hydrogen) atoms. The monoisotopic (exact) mass is 706 g/mol. The molecule has 0 saturated heterocycles. The normalized spacial score (nSPS) is 15.9. The number of halogens is 19. The van der Waals surface area contributed by atoms with E-state index >= 15 is 0 Å². The van der Waals surface area contributed by atoms with Crippen molar-refractivity contribution in [3.05, 3.63) is 29.5 Å². The molecule has 0 spiro atoms. The van der Waals surface area contributed by atoms with Gasteiger partial charge in [0.1, 0.15) is 0 Å². The Morgan fingerprint density at radius 3 is 1.17 bits per heavy atom. The molecule has 0 unspecified atom stereocenters. The molecule has 0 atom stereocenters. The van der Waals surface area contributed by atoms with Crippen molar-refractivity contribution < 1.29 is 100 Å². The Hall–Kier alpha value is -1.92. The summed E-state index contributed by atoms with van der Waals surface area (Å²) in [4.78, 5) is 0. The van der Waals surface area contributed by atoms with Crippen molar-refractivity contribution in [2.24, 2.45) is 0 Å². The van der Waals surface area contributed by atoms with Crippen LogP contribution in [0.3, 0.4) is 0 Å². The Balaban J connectivity index is 4.19. The lowest BCUT2D eigenvalue weighted by atomic mass is 10.1. The highest BCUT2D eigenvalue weighted by Gasteiger charge is 2.89. The second-order valence-corrected chi connectivity index (χ2v) is 12.6. The largest absolute Gasteiger partial charge is 0.460 e. The van der Waals surface area contributed by atoms with E-state index in [9.17, 15) is 95.9 Å². The Bertz CT molecular complexity index is 1270. The lowest BCUT2D eigenvalue weighted by molar-refractivity contribution is -0.692. The smallest absolute Gasteiger partial charge is 0.221 e. The third-order valence-corrected chi connectivity index (χ3v) is 10.4. The predicted molar refractivity (Wildman–Crippen MR) is 95.1 cm³/mol. The molecule has 5 nitrogen and oxygen atoms in total. The number of hydrogen-bond acceptors (Lipinski definition) is 4. The minimum absolute atomic E-state index is 0.127. The fourth-order valence-electron chi connectivity index (χ4n) is 2.54. The van der Waals surface area contributed by atoms with Gasteiger partial charge in [0, 0.05) is 12.1 Å². The number of sulfone groups is 2. The molecule has 0 saturated carbocycles. The molecule has 26 heteroatoms. The van der Waals surface area contributed by atoms with Crippen LogP contribution in [0.2, 0.25) is 5.15 Å². The van der Waals surface area contributed by atoms with Gasteiger partial charge in [-0.05, 0) is 17.7 Å². The molecular formula is C15H7ClF18NO4S2+. The van der Waals surface area contributed by atoms with E-state index in [0.29, 0.717) is 12.1 Å². The van der Waals surface area contributed by atoms with E-state index in [0.717, 1.165) is 6.07 Å². The fraction of sp³-hybridized carbons (Fsp3) is 0.667. The van der Waals surface area contributed by atoms with Crippen molar-refractivity contribution in [2.75, 3.05) is 0 Å². The molecule has 0 amide bonds. The standard InChI is InChI=1S/C15H7ClF18NO4S2/c16-6-3-1-2-4-35(6)5-7(40(36,37)14(31,32)10(21,22)8(17,18)12(25,26)27)41(38,39)15(33,34)11(23,24)9(19,20)13(28,29)30/h1-4,7H,5H2/q+1. The molecule has 0 aliphatic heterocycles. The number of alkyl halides is 18. The van der Waals surface area contributed by atoms with Gasteiger partial charge in [0.15, 0.2) is 12.7 Å². The van der Waals surface area contributed by atoms with Crippen molar-refractivity contribution in [3.63, 3.8) is 0 Å². The quantitative estimate of drug-likeness (QED) is 0.180. The highest BCUT2D eigenvalue weighted by molar-refractivity contribution is 8.10. The van der Waals surface area contributed by atoms with Crippen LogP contribution in [0, 0.1) is 0 Å². The molecule has 1 aromatic rings. The lowest BCUT2D eigenvalue weighted by Gasteiger charge is -2.36. The van der Waals surface area contributed by atoms with Crippen LogP contribution in [0.1, 0.15) is 0 Å². The molecule has 1 heterocycles. The average Bonchev–Trinajstić information content (AvgIpc) is 2.75. The number of hydrogen-bond donors (Lipinski definition) is 0. The van der Waals surface area contributed by atoms with E-state index in [1.807, 2.05) is 0 Å². The van der Waals surface area contributed by atoms with Gasteiger partial charge in [-0.3, -0.25) is 0 Å². The van der Waals surface area contributed by atoms with Crippen LogP contribution < -0.4 is 4.57 Å². The van der Waals surface area contributed by atoms with Crippen molar-refractivity contribution >= 4 is 31.3 Å². The molecule has 240 valence electrons. The molecule has 0 bridgehead atoms. The summed E-state index contributed by atoms with van der Waals surface area (Å²) in [6.07, 6.45) is -15.5. The molecule has 1 rings (SSSR count). The summed E-state index contributed by atoms with van der Waals surface area (Å²) in [6, 6.07) is 1.72. The van der Waals surface area contributed by atoms with Gasteiger partial charge in [0.05, 0.1) is 0 Å². The van der Waals surface area contributed by atoms with Gasteiger partial charge in [0.2, 0.25) is 24.3 Å². The number of rotatable bonds is 10. The third-order valence-electron chi connectivity index (χ3n) is 4.87. The number of pyridine rings is 1. The van der Waals surface area contributed by atoms with Crippen molar-refractivity contribution in [2.45, 2.75) is 57.7 Å². The van der Waals surface area contributed by atoms with Crippen LogP contribution >= 0.6 is 11.6 Å². The van der Waals surface area contributed by atoms with Gasteiger partial charge in [-0.2, -0.15) is 83.6 Å². The van der Waals surface area contributed by atoms with E-state index in [2.05, 4.69) is 0 Å². The second-order valence-electron chi connectivity index (χ2n) is 7.52. The first-order valence-electron chi connectivity index (χ1n) is 9.13. The summed E-state index contributed by atoms with van der Waals surface area (Å²) in [5.41, 5.74) is 0. The SMILES string of the molecule is O=S(=O)(C(C[n+]1ccccc1Cl)S(=O)(=O)C(F)(F)C(F)(F)C(F)(F)C(F)(F)F)C(F)(F)C(F)(F)C(F)(F)C(F)(F)F. The summed E-state index contributed by atoms with van der Waals surface area (Å²) < 4.78 is 282. The maximum Gasteiger partial charge on any atom is 0.460 e. The van der Waals surface area contributed by atoms with E-state index < -0.39 is 87.1 Å². The molecule has 0 aromatic carbocycles. The first kappa shape index (κ1) is 37.1. The first-order valence-corrected chi connectivity index (χ1v) is 12.6. The molecule has 0 fully saturated rings. The van der Waals surface area contributed by atoms with Crippen LogP contribution in [0.5, 0.6) is 0 Å². The number of aromatic nitrogens is 1. The van der Waals surface area contributed by atoms with Crippen molar-refractivity contribution in [1.82, 2.24) is 0 Å². The third kappa shape index (κ3) is 5.26. The number of nitrogens with zero attached hydrogens (tertiary/aromatic N) is 1. The molecule has 1 aromatic heterocycles. The van der Waals surface area contributed by atoms with E-state index in [1.54, 1.807) is 0 Å². The summed E-state index contributed by atoms with van der Waals surface area (Å²) in [5, 5.41) is -17.7. The topological polar surface area (TPSA) is 72.2 Å². The zero-order chi connectivity index (χ0) is 33.3. The summed E-state index contributed by atoms with van der Waals surface area (Å²) in [5.74, 6) is -33.1. The molecule has 0 N–H and O–H groups in total. The van der Waals surface area contributed by atoms with E-state index in [1.165, 1.54) is 0 Å². The highest BCUT2D eigenvalue weighted by atomic mass is 35.5. The average molecular weight is 707 g/mol. The second kappa shape index (κ2) is 10.1. The molecule has 0 radical (unpaired) electrons. The minimum Gasteiger partial charge on any atom is -0.221 e. The van der Waals surface area contributed by atoms with Gasteiger partial charge < -0.3 is 0 Å². The zero-order valence-electron chi connectivity index (χ0n) is 18.2. The first-order chi connectivity index (χ1) is 17.6. The van der Waals surface area contributed by atoms with Crippen LogP contribution in [-0.2, 0) is 26.2 Å². The summed E-state index contributed by atoms with van der Waals surface area (Å²) >= 11 is 5.31. The molecule has 0 aliphatic rings.